The second-order valence-corrected chi connectivity index (χ2v) is 7.19. The molecule has 5 heteroatoms. The molecule has 20 heavy (non-hydrogen) atoms. The number of aryl methyl sites for hydroxylation is 1. The fourth-order valence-electron chi connectivity index (χ4n) is 2.47. The maximum atomic E-state index is 12.7. The second kappa shape index (κ2) is 6.70. The lowest BCUT2D eigenvalue weighted by molar-refractivity contribution is 0.0289. The maximum absolute atomic E-state index is 12.7. The molecular weight excluding hydrogens is 274 g/mol. The van der Waals surface area contributed by atoms with Crippen molar-refractivity contribution >= 4 is 10.0 Å². The predicted molar refractivity (Wildman–Crippen MR) is 79.2 cm³/mol. The van der Waals surface area contributed by atoms with Gasteiger partial charge in [-0.15, -0.1) is 0 Å². The van der Waals surface area contributed by atoms with Crippen LogP contribution in [0.1, 0.15) is 31.7 Å². The molecule has 0 spiro atoms. The fourth-order valence-corrected chi connectivity index (χ4v) is 4.09. The number of benzene rings is 1. The van der Waals surface area contributed by atoms with Crippen LogP contribution in [-0.4, -0.2) is 38.5 Å². The Hall–Kier alpha value is -0.910. The molecule has 1 aromatic carbocycles. The average molecular weight is 297 g/mol. The Morgan fingerprint density at radius 2 is 2.00 bits per heavy atom. The average Bonchev–Trinajstić information content (AvgIpc) is 2.46. The van der Waals surface area contributed by atoms with Gasteiger partial charge in [0.05, 0.1) is 18.1 Å². The summed E-state index contributed by atoms with van der Waals surface area (Å²) in [7, 11) is -3.41. The Kier molecular flexibility index (Phi) is 5.18. The zero-order valence-electron chi connectivity index (χ0n) is 12.2. The highest BCUT2D eigenvalue weighted by Crippen LogP contribution is 2.23. The SMILES string of the molecule is CCCCC1COCCN1S(=O)(=O)c1ccc(C)cc1. The molecule has 0 amide bonds. The van der Waals surface area contributed by atoms with Gasteiger partial charge in [-0.2, -0.15) is 4.31 Å². The van der Waals surface area contributed by atoms with Crippen molar-refractivity contribution in [3.8, 4) is 0 Å². The number of rotatable bonds is 5. The molecule has 112 valence electrons. The summed E-state index contributed by atoms with van der Waals surface area (Å²) >= 11 is 0. The van der Waals surface area contributed by atoms with E-state index in [-0.39, 0.29) is 6.04 Å². The molecule has 0 saturated carbocycles. The molecule has 1 aliphatic rings. The van der Waals surface area contributed by atoms with Crippen molar-refractivity contribution in [1.29, 1.82) is 0 Å². The largest absolute Gasteiger partial charge is 0.378 e. The number of morpholine rings is 1. The van der Waals surface area contributed by atoms with Gasteiger partial charge < -0.3 is 4.74 Å². The first kappa shape index (κ1) is 15.5. The summed E-state index contributed by atoms with van der Waals surface area (Å²) < 4.78 is 32.6. The van der Waals surface area contributed by atoms with E-state index in [0.717, 1.165) is 24.8 Å². The first-order chi connectivity index (χ1) is 9.55. The Morgan fingerprint density at radius 1 is 1.30 bits per heavy atom. The number of nitrogens with zero attached hydrogens (tertiary/aromatic N) is 1. The van der Waals surface area contributed by atoms with Gasteiger partial charge in [0.25, 0.3) is 0 Å². The van der Waals surface area contributed by atoms with Crippen LogP contribution in [0.25, 0.3) is 0 Å². The molecule has 1 aliphatic heterocycles. The monoisotopic (exact) mass is 297 g/mol. The van der Waals surface area contributed by atoms with E-state index in [1.54, 1.807) is 16.4 Å². The van der Waals surface area contributed by atoms with Crippen molar-refractivity contribution in [3.63, 3.8) is 0 Å². The van der Waals surface area contributed by atoms with E-state index in [1.165, 1.54) is 0 Å². The second-order valence-electron chi connectivity index (χ2n) is 5.30. The third kappa shape index (κ3) is 3.40. The number of sulfonamides is 1. The Balaban J connectivity index is 2.23. The number of ether oxygens (including phenoxy) is 1. The van der Waals surface area contributed by atoms with Crippen molar-refractivity contribution in [2.75, 3.05) is 19.8 Å². The van der Waals surface area contributed by atoms with E-state index in [4.69, 9.17) is 4.74 Å². The van der Waals surface area contributed by atoms with Crippen molar-refractivity contribution in [2.45, 2.75) is 44.0 Å². The molecule has 0 radical (unpaired) electrons. The summed E-state index contributed by atoms with van der Waals surface area (Å²) in [6.45, 7) is 5.50. The van der Waals surface area contributed by atoms with Crippen LogP contribution in [0, 0.1) is 6.92 Å². The van der Waals surface area contributed by atoms with Crippen LogP contribution < -0.4 is 0 Å². The smallest absolute Gasteiger partial charge is 0.243 e. The van der Waals surface area contributed by atoms with Gasteiger partial charge in [0, 0.05) is 12.6 Å². The van der Waals surface area contributed by atoms with Gasteiger partial charge in [0.2, 0.25) is 10.0 Å². The maximum Gasteiger partial charge on any atom is 0.243 e. The van der Waals surface area contributed by atoms with E-state index in [9.17, 15) is 8.42 Å². The summed E-state index contributed by atoms with van der Waals surface area (Å²) in [5, 5.41) is 0. The first-order valence-corrected chi connectivity index (χ1v) is 8.66. The fraction of sp³-hybridized carbons (Fsp3) is 0.600. The van der Waals surface area contributed by atoms with Crippen LogP contribution in [0.5, 0.6) is 0 Å². The highest BCUT2D eigenvalue weighted by molar-refractivity contribution is 7.89. The minimum Gasteiger partial charge on any atom is -0.378 e. The van der Waals surface area contributed by atoms with Crippen LogP contribution in [-0.2, 0) is 14.8 Å². The minimum atomic E-state index is -3.41. The summed E-state index contributed by atoms with van der Waals surface area (Å²) in [6.07, 6.45) is 2.95. The van der Waals surface area contributed by atoms with Crippen molar-refractivity contribution in [1.82, 2.24) is 4.31 Å². The summed E-state index contributed by atoms with van der Waals surface area (Å²) in [6, 6.07) is 7.03. The van der Waals surface area contributed by atoms with Gasteiger partial charge in [-0.25, -0.2) is 8.42 Å². The van der Waals surface area contributed by atoms with Gasteiger partial charge >= 0.3 is 0 Å². The molecule has 1 unspecified atom stereocenters. The van der Waals surface area contributed by atoms with Crippen molar-refractivity contribution < 1.29 is 13.2 Å². The highest BCUT2D eigenvalue weighted by Gasteiger charge is 2.33. The quantitative estimate of drug-likeness (QED) is 0.839. The number of hydrogen-bond acceptors (Lipinski definition) is 3. The van der Waals surface area contributed by atoms with E-state index >= 15 is 0 Å². The van der Waals surface area contributed by atoms with E-state index in [1.807, 2.05) is 19.1 Å². The molecule has 1 fully saturated rings. The van der Waals surface area contributed by atoms with Gasteiger partial charge in [-0.05, 0) is 25.5 Å². The molecule has 1 atom stereocenters. The standard InChI is InChI=1S/C15H23NO3S/c1-3-4-5-14-12-19-11-10-16(14)20(17,18)15-8-6-13(2)7-9-15/h6-9,14H,3-5,10-12H2,1-2H3. The molecule has 0 aliphatic carbocycles. The lowest BCUT2D eigenvalue weighted by Gasteiger charge is -2.34. The van der Waals surface area contributed by atoms with Crippen LogP contribution in [0.15, 0.2) is 29.2 Å². The molecule has 4 nitrogen and oxygen atoms in total. The Labute approximate surface area is 121 Å². The first-order valence-electron chi connectivity index (χ1n) is 7.22. The van der Waals surface area contributed by atoms with E-state index < -0.39 is 10.0 Å². The molecule has 1 aromatic rings. The van der Waals surface area contributed by atoms with Gasteiger partial charge in [0.1, 0.15) is 0 Å². The lowest BCUT2D eigenvalue weighted by atomic mass is 10.1. The predicted octanol–water partition coefficient (Wildman–Crippen LogP) is 2.57. The van der Waals surface area contributed by atoms with E-state index in [0.29, 0.717) is 24.7 Å². The summed E-state index contributed by atoms with van der Waals surface area (Å²) in [4.78, 5) is 0.381. The zero-order chi connectivity index (χ0) is 14.6. The Morgan fingerprint density at radius 3 is 2.65 bits per heavy atom. The van der Waals surface area contributed by atoms with E-state index in [2.05, 4.69) is 6.92 Å². The van der Waals surface area contributed by atoms with Crippen LogP contribution >= 0.6 is 0 Å². The van der Waals surface area contributed by atoms with Crippen molar-refractivity contribution in [2.24, 2.45) is 0 Å². The summed E-state index contributed by atoms with van der Waals surface area (Å²) in [5.74, 6) is 0. The van der Waals surface area contributed by atoms with Gasteiger partial charge in [-0.1, -0.05) is 37.5 Å². The van der Waals surface area contributed by atoms with Crippen molar-refractivity contribution in [3.05, 3.63) is 29.8 Å². The van der Waals surface area contributed by atoms with Gasteiger partial charge in [0.15, 0.2) is 0 Å². The number of unbranched alkanes of at least 4 members (excludes halogenated alkanes) is 1. The topological polar surface area (TPSA) is 46.6 Å². The van der Waals surface area contributed by atoms with Crippen LogP contribution in [0.4, 0.5) is 0 Å². The Bertz CT molecular complexity index is 525. The third-order valence-electron chi connectivity index (χ3n) is 3.69. The van der Waals surface area contributed by atoms with Crippen LogP contribution in [0.2, 0.25) is 0 Å². The molecule has 1 heterocycles. The zero-order valence-corrected chi connectivity index (χ0v) is 13.0. The van der Waals surface area contributed by atoms with Crippen LogP contribution in [0.3, 0.4) is 0 Å². The highest BCUT2D eigenvalue weighted by atomic mass is 32.2. The normalized spacial score (nSPS) is 21.0. The lowest BCUT2D eigenvalue weighted by Crippen LogP contribution is -2.48. The minimum absolute atomic E-state index is 0.0324. The molecule has 2 rings (SSSR count). The molecular formula is C15H23NO3S. The molecule has 0 bridgehead atoms. The summed E-state index contributed by atoms with van der Waals surface area (Å²) in [5.41, 5.74) is 1.06. The van der Waals surface area contributed by atoms with Gasteiger partial charge in [-0.3, -0.25) is 0 Å². The third-order valence-corrected chi connectivity index (χ3v) is 5.66. The number of hydrogen-bond donors (Lipinski definition) is 0. The molecule has 0 N–H and O–H groups in total. The molecule has 1 saturated heterocycles. The molecule has 0 aromatic heterocycles.